The number of aromatic hydroxyl groups is 1. The molecule has 0 radical (unpaired) electrons. The molecule has 1 heterocycles. The first-order valence-corrected chi connectivity index (χ1v) is 11.1. The van der Waals surface area contributed by atoms with Crippen molar-refractivity contribution in [1.29, 1.82) is 0 Å². The molecular formula is C24H19N3O4S2. The molecule has 4 rings (SSSR count). The van der Waals surface area contributed by atoms with Crippen LogP contribution in [-0.2, 0) is 4.79 Å². The molecule has 3 aromatic carbocycles. The summed E-state index contributed by atoms with van der Waals surface area (Å²) in [5, 5.41) is 24.3. The lowest BCUT2D eigenvalue weighted by Crippen LogP contribution is -2.29. The zero-order chi connectivity index (χ0) is 23.7. The lowest BCUT2D eigenvalue weighted by Gasteiger charge is -2.15. The zero-order valence-electron chi connectivity index (χ0n) is 17.7. The van der Waals surface area contributed by atoms with Crippen LogP contribution in [0.15, 0.2) is 65.8 Å². The highest BCUT2D eigenvalue weighted by Crippen LogP contribution is 2.36. The zero-order valence-corrected chi connectivity index (χ0v) is 19.3. The van der Waals surface area contributed by atoms with Crippen LogP contribution in [0.2, 0.25) is 0 Å². The normalized spacial score (nSPS) is 14.7. The topological polar surface area (TPSA) is 102 Å². The molecule has 9 heteroatoms. The van der Waals surface area contributed by atoms with Gasteiger partial charge in [0.25, 0.3) is 5.91 Å². The van der Waals surface area contributed by atoms with Crippen molar-refractivity contribution >= 4 is 56.6 Å². The van der Waals surface area contributed by atoms with Crippen LogP contribution in [0.5, 0.6) is 5.75 Å². The van der Waals surface area contributed by atoms with Crippen LogP contribution in [0.25, 0.3) is 11.1 Å². The van der Waals surface area contributed by atoms with E-state index < -0.39 is 5.97 Å². The van der Waals surface area contributed by atoms with Gasteiger partial charge in [-0.15, -0.1) is 0 Å². The van der Waals surface area contributed by atoms with E-state index in [4.69, 9.17) is 12.2 Å². The molecule has 1 amide bonds. The second kappa shape index (κ2) is 9.05. The Hall–Kier alpha value is -3.69. The summed E-state index contributed by atoms with van der Waals surface area (Å²) in [7, 11) is 0. The molecule has 1 fully saturated rings. The second-order valence-electron chi connectivity index (χ2n) is 7.39. The van der Waals surface area contributed by atoms with E-state index in [0.717, 1.165) is 22.9 Å². The van der Waals surface area contributed by atoms with Gasteiger partial charge in [0, 0.05) is 5.56 Å². The number of hydrazone groups is 1. The number of nitrogens with zero attached hydrogens (tertiary/aromatic N) is 2. The monoisotopic (exact) mass is 477 g/mol. The highest BCUT2D eigenvalue weighted by atomic mass is 32.2. The fourth-order valence-corrected chi connectivity index (χ4v) is 4.45. The molecule has 0 unspecified atom stereocenters. The maximum absolute atomic E-state index is 12.9. The standard InChI is InChI=1S/C24H19N3O4S2/c1-13-9-10-17(11-14(13)2)27-22(29)21(33-24(27)32)26-25-19-8-4-7-18(20(19)28)15-5-3-6-16(12-15)23(30)31/h3-12,25,28H,1-2H3,(H,30,31). The number of anilines is 2. The first kappa shape index (κ1) is 22.5. The highest BCUT2D eigenvalue weighted by molar-refractivity contribution is 8.35. The van der Waals surface area contributed by atoms with Crippen molar-refractivity contribution in [2.45, 2.75) is 13.8 Å². The minimum Gasteiger partial charge on any atom is -0.505 e. The molecule has 166 valence electrons. The van der Waals surface area contributed by atoms with E-state index in [1.807, 2.05) is 32.0 Å². The lowest BCUT2D eigenvalue weighted by atomic mass is 10.0. The fraction of sp³-hybridized carbons (Fsp3) is 0.0833. The molecular weight excluding hydrogens is 458 g/mol. The van der Waals surface area contributed by atoms with Gasteiger partial charge in [0.1, 0.15) is 5.75 Å². The number of thiocarbonyl (C=S) groups is 1. The number of aryl methyl sites for hydroxylation is 2. The number of phenolic OH excluding ortho intramolecular Hbond substituents is 1. The van der Waals surface area contributed by atoms with Crippen LogP contribution in [0.3, 0.4) is 0 Å². The molecule has 33 heavy (non-hydrogen) atoms. The summed E-state index contributed by atoms with van der Waals surface area (Å²) in [6.07, 6.45) is 0. The molecule has 0 saturated carbocycles. The number of benzene rings is 3. The minimum atomic E-state index is -1.06. The van der Waals surface area contributed by atoms with Gasteiger partial charge in [-0.05, 0) is 72.6 Å². The van der Waals surface area contributed by atoms with Crippen molar-refractivity contribution in [2.24, 2.45) is 5.10 Å². The summed E-state index contributed by atoms with van der Waals surface area (Å²) < 4.78 is 0.368. The first-order chi connectivity index (χ1) is 15.8. The number of aromatic carboxylic acids is 1. The highest BCUT2D eigenvalue weighted by Gasteiger charge is 2.35. The molecule has 3 N–H and O–H groups in total. The van der Waals surface area contributed by atoms with Crippen molar-refractivity contribution in [3.63, 3.8) is 0 Å². The lowest BCUT2D eigenvalue weighted by molar-refractivity contribution is -0.111. The van der Waals surface area contributed by atoms with Crippen LogP contribution in [0.1, 0.15) is 21.5 Å². The average molecular weight is 478 g/mol. The van der Waals surface area contributed by atoms with Crippen LogP contribution in [0, 0.1) is 13.8 Å². The summed E-state index contributed by atoms with van der Waals surface area (Å²) in [4.78, 5) is 25.6. The van der Waals surface area contributed by atoms with E-state index >= 15 is 0 Å². The Morgan fingerprint density at radius 2 is 1.82 bits per heavy atom. The predicted octanol–water partition coefficient (Wildman–Crippen LogP) is 5.16. The van der Waals surface area contributed by atoms with Crippen molar-refractivity contribution in [3.8, 4) is 16.9 Å². The van der Waals surface area contributed by atoms with Gasteiger partial charge in [-0.2, -0.15) is 5.10 Å². The number of amides is 1. The third kappa shape index (κ3) is 4.46. The average Bonchev–Trinajstić information content (AvgIpc) is 3.08. The number of hydrogen-bond donors (Lipinski definition) is 3. The quantitative estimate of drug-likeness (QED) is 0.265. The van der Waals surface area contributed by atoms with Crippen molar-refractivity contribution < 1.29 is 19.8 Å². The Labute approximate surface area is 199 Å². The van der Waals surface area contributed by atoms with Gasteiger partial charge in [0.05, 0.1) is 16.9 Å². The Kier molecular flexibility index (Phi) is 6.17. The molecule has 0 aliphatic carbocycles. The van der Waals surface area contributed by atoms with Gasteiger partial charge in [-0.3, -0.25) is 15.1 Å². The Morgan fingerprint density at radius 1 is 1.06 bits per heavy atom. The van der Waals surface area contributed by atoms with E-state index in [1.165, 1.54) is 17.0 Å². The summed E-state index contributed by atoms with van der Waals surface area (Å²) in [6, 6.07) is 16.9. The largest absolute Gasteiger partial charge is 0.505 e. The molecule has 0 atom stereocenters. The van der Waals surface area contributed by atoms with Crippen molar-refractivity contribution in [2.75, 3.05) is 10.3 Å². The summed E-state index contributed by atoms with van der Waals surface area (Å²) >= 11 is 6.46. The number of nitrogens with one attached hydrogen (secondary N) is 1. The van der Waals surface area contributed by atoms with Gasteiger partial charge in [-0.1, -0.05) is 42.5 Å². The third-order valence-corrected chi connectivity index (χ3v) is 6.48. The predicted molar refractivity (Wildman–Crippen MR) is 135 cm³/mol. The summed E-state index contributed by atoms with van der Waals surface area (Å²) in [5.74, 6) is -1.53. The van der Waals surface area contributed by atoms with Gasteiger partial charge in [0.2, 0.25) is 0 Å². The SMILES string of the molecule is Cc1ccc(N2C(=O)C(=NNc3cccc(-c4cccc(C(=O)O)c4)c3O)SC2=S)cc1C. The number of carbonyl (C=O) groups is 2. The number of hydrogen-bond acceptors (Lipinski definition) is 7. The van der Waals surface area contributed by atoms with Crippen LogP contribution >= 0.6 is 24.0 Å². The van der Waals surface area contributed by atoms with Gasteiger partial charge in [0.15, 0.2) is 9.36 Å². The molecule has 0 aromatic heterocycles. The van der Waals surface area contributed by atoms with E-state index in [9.17, 15) is 19.8 Å². The van der Waals surface area contributed by atoms with Gasteiger partial charge < -0.3 is 10.2 Å². The van der Waals surface area contributed by atoms with E-state index in [0.29, 0.717) is 21.1 Å². The van der Waals surface area contributed by atoms with Crippen LogP contribution in [0.4, 0.5) is 11.4 Å². The van der Waals surface area contributed by atoms with E-state index in [1.54, 1.807) is 30.3 Å². The fourth-order valence-electron chi connectivity index (χ4n) is 3.31. The van der Waals surface area contributed by atoms with E-state index in [2.05, 4.69) is 10.5 Å². The first-order valence-electron chi connectivity index (χ1n) is 9.89. The summed E-state index contributed by atoms with van der Waals surface area (Å²) in [6.45, 7) is 3.96. The Morgan fingerprint density at radius 3 is 2.55 bits per heavy atom. The van der Waals surface area contributed by atoms with Gasteiger partial charge >= 0.3 is 5.97 Å². The second-order valence-corrected chi connectivity index (χ2v) is 9.02. The number of thioether (sulfide) groups is 1. The number of phenols is 1. The molecule has 0 bridgehead atoms. The molecule has 3 aromatic rings. The number of rotatable bonds is 5. The van der Waals surface area contributed by atoms with E-state index in [-0.39, 0.29) is 28.0 Å². The van der Waals surface area contributed by atoms with Crippen molar-refractivity contribution in [1.82, 2.24) is 0 Å². The number of carboxylic acid groups (broad SMARTS) is 1. The number of carbonyl (C=O) groups excluding carboxylic acids is 1. The van der Waals surface area contributed by atoms with Gasteiger partial charge in [-0.25, -0.2) is 4.79 Å². The number of para-hydroxylation sites is 1. The maximum Gasteiger partial charge on any atom is 0.335 e. The Balaban J connectivity index is 1.60. The Bertz CT molecular complexity index is 1340. The molecule has 7 nitrogen and oxygen atoms in total. The molecule has 0 spiro atoms. The van der Waals surface area contributed by atoms with Crippen LogP contribution < -0.4 is 10.3 Å². The minimum absolute atomic E-state index is 0.110. The molecule has 1 aliphatic heterocycles. The molecule has 1 saturated heterocycles. The third-order valence-electron chi connectivity index (χ3n) is 5.24. The number of carboxylic acids is 1. The van der Waals surface area contributed by atoms with Crippen LogP contribution in [-0.4, -0.2) is 31.5 Å². The summed E-state index contributed by atoms with van der Waals surface area (Å²) in [5.41, 5.74) is 6.92. The maximum atomic E-state index is 12.9. The van der Waals surface area contributed by atoms with Crippen molar-refractivity contribution in [3.05, 3.63) is 77.4 Å². The molecule has 1 aliphatic rings. The smallest absolute Gasteiger partial charge is 0.335 e.